The smallest absolute Gasteiger partial charge is 0.261 e. The monoisotopic (exact) mass is 456 g/mol. The number of sulfonamides is 1. The fourth-order valence-corrected chi connectivity index (χ4v) is 5.05. The molecule has 7 nitrogen and oxygen atoms in total. The highest BCUT2D eigenvalue weighted by Crippen LogP contribution is 2.30. The number of aryl methyl sites for hydroxylation is 1. The molecule has 1 heterocycles. The molecule has 168 valence electrons. The minimum atomic E-state index is -3.87. The summed E-state index contributed by atoms with van der Waals surface area (Å²) in [6.45, 7) is 1.50. The molecule has 0 radical (unpaired) electrons. The standard InChI is InChI=1S/C23H25FN4O3S/c1-16-15-20(11-12-21(16)24)32(30,31)27-18-9-7-17(8-10-18)23(29)26-22-13-14-25-28(22)19-5-3-2-4-6-19/h7-15,19,27H,2-6H2,1H3,(H,26,29). The van der Waals surface area contributed by atoms with E-state index in [1.54, 1.807) is 24.4 Å². The summed E-state index contributed by atoms with van der Waals surface area (Å²) in [4.78, 5) is 12.7. The van der Waals surface area contributed by atoms with Gasteiger partial charge in [-0.15, -0.1) is 0 Å². The molecule has 1 saturated carbocycles. The van der Waals surface area contributed by atoms with E-state index in [4.69, 9.17) is 0 Å². The molecule has 1 fully saturated rings. The molecule has 0 saturated heterocycles. The highest BCUT2D eigenvalue weighted by Gasteiger charge is 2.20. The summed E-state index contributed by atoms with van der Waals surface area (Å²) >= 11 is 0. The number of benzene rings is 2. The van der Waals surface area contributed by atoms with Gasteiger partial charge in [-0.2, -0.15) is 5.10 Å². The number of hydrogen-bond acceptors (Lipinski definition) is 4. The van der Waals surface area contributed by atoms with E-state index in [1.807, 2.05) is 4.68 Å². The second kappa shape index (κ2) is 9.12. The molecule has 3 aromatic rings. The molecule has 0 unspecified atom stereocenters. The van der Waals surface area contributed by atoms with E-state index in [0.29, 0.717) is 23.1 Å². The minimum Gasteiger partial charge on any atom is -0.307 e. The summed E-state index contributed by atoms with van der Waals surface area (Å²) in [5, 5.41) is 7.28. The maximum atomic E-state index is 13.4. The van der Waals surface area contributed by atoms with E-state index in [2.05, 4.69) is 15.1 Å². The molecular weight excluding hydrogens is 431 g/mol. The van der Waals surface area contributed by atoms with Crippen LogP contribution < -0.4 is 10.0 Å². The van der Waals surface area contributed by atoms with Crippen molar-refractivity contribution in [2.45, 2.75) is 50.0 Å². The van der Waals surface area contributed by atoms with Crippen LogP contribution in [-0.2, 0) is 10.0 Å². The topological polar surface area (TPSA) is 93.1 Å². The second-order valence-electron chi connectivity index (χ2n) is 8.00. The van der Waals surface area contributed by atoms with Crippen molar-refractivity contribution in [1.82, 2.24) is 9.78 Å². The van der Waals surface area contributed by atoms with Crippen molar-refractivity contribution >= 4 is 27.4 Å². The molecule has 1 aliphatic carbocycles. The number of hydrogen-bond donors (Lipinski definition) is 2. The lowest BCUT2D eigenvalue weighted by Crippen LogP contribution is -2.20. The first kappa shape index (κ1) is 22.0. The summed E-state index contributed by atoms with van der Waals surface area (Å²) in [7, 11) is -3.87. The van der Waals surface area contributed by atoms with Crippen LogP contribution >= 0.6 is 0 Å². The first-order valence-corrected chi connectivity index (χ1v) is 12.1. The Hall–Kier alpha value is -3.20. The average molecular weight is 457 g/mol. The third-order valence-corrected chi connectivity index (χ3v) is 7.05. The zero-order valence-electron chi connectivity index (χ0n) is 17.7. The summed E-state index contributed by atoms with van der Waals surface area (Å²) in [5.41, 5.74) is 0.935. The molecule has 1 amide bonds. The van der Waals surface area contributed by atoms with E-state index < -0.39 is 15.8 Å². The number of amides is 1. The number of aromatic nitrogens is 2. The van der Waals surface area contributed by atoms with Crippen molar-refractivity contribution in [3.05, 3.63) is 71.7 Å². The number of carbonyl (C=O) groups is 1. The number of anilines is 2. The Morgan fingerprint density at radius 2 is 1.78 bits per heavy atom. The number of carbonyl (C=O) groups excluding carboxylic acids is 1. The third-order valence-electron chi connectivity index (χ3n) is 5.67. The molecular formula is C23H25FN4O3S. The fraction of sp³-hybridized carbons (Fsp3) is 0.304. The molecule has 2 N–H and O–H groups in total. The number of rotatable bonds is 6. The van der Waals surface area contributed by atoms with E-state index >= 15 is 0 Å². The van der Waals surface area contributed by atoms with Crippen molar-refractivity contribution < 1.29 is 17.6 Å². The summed E-state index contributed by atoms with van der Waals surface area (Å²) in [6.07, 6.45) is 7.33. The number of nitrogens with one attached hydrogen (secondary N) is 2. The van der Waals surface area contributed by atoms with Gasteiger partial charge in [-0.3, -0.25) is 9.52 Å². The van der Waals surface area contributed by atoms with Gasteiger partial charge in [-0.05, 0) is 67.8 Å². The molecule has 0 bridgehead atoms. The lowest BCUT2D eigenvalue weighted by molar-refractivity contribution is 0.102. The molecule has 1 aliphatic rings. The van der Waals surface area contributed by atoms with E-state index in [-0.39, 0.29) is 16.4 Å². The maximum Gasteiger partial charge on any atom is 0.261 e. The van der Waals surface area contributed by atoms with E-state index in [1.165, 1.54) is 37.6 Å². The number of nitrogens with zero attached hydrogens (tertiary/aromatic N) is 2. The summed E-state index contributed by atoms with van der Waals surface area (Å²) in [6, 6.07) is 11.8. The van der Waals surface area contributed by atoms with Crippen LogP contribution in [0.5, 0.6) is 0 Å². The van der Waals surface area contributed by atoms with Crippen molar-refractivity contribution in [3.63, 3.8) is 0 Å². The Labute approximate surface area is 186 Å². The molecule has 9 heteroatoms. The largest absolute Gasteiger partial charge is 0.307 e. The molecule has 32 heavy (non-hydrogen) atoms. The number of halogens is 1. The summed E-state index contributed by atoms with van der Waals surface area (Å²) in [5.74, 6) is -0.117. The zero-order valence-corrected chi connectivity index (χ0v) is 18.5. The Kier molecular flexibility index (Phi) is 6.27. The lowest BCUT2D eigenvalue weighted by Gasteiger charge is -2.23. The van der Waals surface area contributed by atoms with Gasteiger partial charge in [0.1, 0.15) is 11.6 Å². The van der Waals surface area contributed by atoms with Crippen molar-refractivity contribution in [2.24, 2.45) is 0 Å². The quantitative estimate of drug-likeness (QED) is 0.552. The van der Waals surface area contributed by atoms with Gasteiger partial charge in [-0.1, -0.05) is 19.3 Å². The maximum absolute atomic E-state index is 13.4. The van der Waals surface area contributed by atoms with Gasteiger partial charge in [0.2, 0.25) is 0 Å². The Morgan fingerprint density at radius 3 is 2.47 bits per heavy atom. The highest BCUT2D eigenvalue weighted by atomic mass is 32.2. The third kappa shape index (κ3) is 4.83. The van der Waals surface area contributed by atoms with Gasteiger partial charge < -0.3 is 5.32 Å². The first-order valence-electron chi connectivity index (χ1n) is 10.6. The van der Waals surface area contributed by atoms with Crippen LogP contribution in [0.2, 0.25) is 0 Å². The van der Waals surface area contributed by atoms with Gasteiger partial charge in [0.25, 0.3) is 15.9 Å². The van der Waals surface area contributed by atoms with Crippen molar-refractivity contribution in [1.29, 1.82) is 0 Å². The van der Waals surface area contributed by atoms with Crippen LogP contribution in [0, 0.1) is 12.7 Å². The Bertz CT molecular complexity index is 1220. The van der Waals surface area contributed by atoms with Gasteiger partial charge in [0.15, 0.2) is 0 Å². The van der Waals surface area contributed by atoms with E-state index in [9.17, 15) is 17.6 Å². The average Bonchev–Trinajstić information content (AvgIpc) is 3.24. The van der Waals surface area contributed by atoms with Crippen molar-refractivity contribution in [2.75, 3.05) is 10.0 Å². The van der Waals surface area contributed by atoms with E-state index in [0.717, 1.165) is 31.7 Å². The van der Waals surface area contributed by atoms with Crippen LogP contribution in [0.25, 0.3) is 0 Å². The second-order valence-corrected chi connectivity index (χ2v) is 9.68. The normalized spacial score (nSPS) is 14.8. The zero-order chi connectivity index (χ0) is 22.7. The fourth-order valence-electron chi connectivity index (χ4n) is 3.91. The van der Waals surface area contributed by atoms with Crippen LogP contribution in [0.4, 0.5) is 15.9 Å². The van der Waals surface area contributed by atoms with Gasteiger partial charge >= 0.3 is 0 Å². The van der Waals surface area contributed by atoms with Crippen molar-refractivity contribution in [3.8, 4) is 0 Å². The molecule has 0 atom stereocenters. The van der Waals surface area contributed by atoms with Crippen LogP contribution in [-0.4, -0.2) is 24.1 Å². The first-order chi connectivity index (χ1) is 15.3. The van der Waals surface area contributed by atoms with Gasteiger partial charge in [0.05, 0.1) is 17.1 Å². The van der Waals surface area contributed by atoms with Crippen LogP contribution in [0.1, 0.15) is 54.1 Å². The van der Waals surface area contributed by atoms with Crippen LogP contribution in [0.3, 0.4) is 0 Å². The highest BCUT2D eigenvalue weighted by molar-refractivity contribution is 7.92. The van der Waals surface area contributed by atoms with Gasteiger partial charge in [0, 0.05) is 17.3 Å². The molecule has 2 aromatic carbocycles. The Balaban J connectivity index is 1.44. The summed E-state index contributed by atoms with van der Waals surface area (Å²) < 4.78 is 42.9. The van der Waals surface area contributed by atoms with Crippen LogP contribution in [0.15, 0.2) is 59.6 Å². The minimum absolute atomic E-state index is 0.0332. The molecule has 0 aliphatic heterocycles. The van der Waals surface area contributed by atoms with Gasteiger partial charge in [-0.25, -0.2) is 17.5 Å². The molecule has 0 spiro atoms. The molecule has 4 rings (SSSR count). The predicted octanol–water partition coefficient (Wildman–Crippen LogP) is 4.89. The Morgan fingerprint density at radius 1 is 1.06 bits per heavy atom. The SMILES string of the molecule is Cc1cc(S(=O)(=O)Nc2ccc(C(=O)Nc3ccnn3C3CCCCC3)cc2)ccc1F. The lowest BCUT2D eigenvalue weighted by atomic mass is 9.96. The molecule has 1 aromatic heterocycles. The predicted molar refractivity (Wildman–Crippen MR) is 121 cm³/mol.